The summed E-state index contributed by atoms with van der Waals surface area (Å²) in [5.41, 5.74) is 11.5. The predicted molar refractivity (Wildman–Crippen MR) is 152 cm³/mol. The Balaban J connectivity index is 1.79. The van der Waals surface area contributed by atoms with Crippen LogP contribution in [0.2, 0.25) is 0 Å². The summed E-state index contributed by atoms with van der Waals surface area (Å²) >= 11 is 0. The molecule has 2 heterocycles. The Morgan fingerprint density at radius 1 is 1.00 bits per heavy atom. The van der Waals surface area contributed by atoms with E-state index in [0.29, 0.717) is 5.56 Å². The molecule has 0 fully saturated rings. The van der Waals surface area contributed by atoms with Gasteiger partial charge in [0.05, 0.1) is 32.4 Å². The number of aromatic nitrogens is 4. The van der Waals surface area contributed by atoms with Gasteiger partial charge in [0.1, 0.15) is 29.1 Å². The zero-order valence-electron chi connectivity index (χ0n) is 21.8. The van der Waals surface area contributed by atoms with Gasteiger partial charge in [0.2, 0.25) is 15.8 Å². The summed E-state index contributed by atoms with van der Waals surface area (Å²) < 4.78 is 43.1. The molecule has 0 bridgehead atoms. The normalized spacial score (nSPS) is 12.1. The maximum absolute atomic E-state index is 14.4. The van der Waals surface area contributed by atoms with Crippen LogP contribution in [0.5, 0.6) is 0 Å². The van der Waals surface area contributed by atoms with Crippen molar-refractivity contribution in [3.8, 4) is 11.8 Å². The van der Waals surface area contributed by atoms with Crippen LogP contribution in [0.4, 0.5) is 22.0 Å². The molecule has 0 saturated carbocycles. The lowest BCUT2D eigenvalue weighted by atomic mass is 10.2. The summed E-state index contributed by atoms with van der Waals surface area (Å²) in [6.45, 7) is 3.29. The van der Waals surface area contributed by atoms with Crippen molar-refractivity contribution in [3.63, 3.8) is 0 Å². The molecular formula is C28H23FN8O3S. The molecule has 13 heteroatoms. The van der Waals surface area contributed by atoms with Gasteiger partial charge in [-0.3, -0.25) is 9.36 Å². The zero-order chi connectivity index (χ0) is 29.5. The molecule has 0 saturated heterocycles. The molecule has 0 aliphatic carbocycles. The Bertz CT molecular complexity index is 2050. The van der Waals surface area contributed by atoms with Crippen LogP contribution < -0.4 is 22.3 Å². The van der Waals surface area contributed by atoms with Gasteiger partial charge in [-0.05, 0) is 55.8 Å². The first-order chi connectivity index (χ1) is 19.5. The number of anilines is 3. The Labute approximate surface area is 233 Å². The third-order valence-corrected chi connectivity index (χ3v) is 8.39. The van der Waals surface area contributed by atoms with Crippen LogP contribution >= 0.6 is 0 Å². The first-order valence-corrected chi connectivity index (χ1v) is 13.7. The molecule has 0 spiro atoms. The minimum absolute atomic E-state index is 0.000944. The lowest BCUT2D eigenvalue weighted by Crippen LogP contribution is -2.28. The molecule has 0 radical (unpaired) electrons. The molecule has 5 aromatic rings. The number of fused-ring (bicyclic) bond motifs is 1. The summed E-state index contributed by atoms with van der Waals surface area (Å²) in [7, 11) is -4.15. The number of nitrogen functional groups attached to an aromatic ring is 2. The molecule has 41 heavy (non-hydrogen) atoms. The quantitative estimate of drug-likeness (QED) is 0.272. The zero-order valence-corrected chi connectivity index (χ0v) is 22.6. The number of hydrogen-bond donors (Lipinski definition) is 3. The van der Waals surface area contributed by atoms with Crippen LogP contribution in [-0.2, 0) is 9.84 Å². The van der Waals surface area contributed by atoms with Crippen molar-refractivity contribution in [3.05, 3.63) is 99.9 Å². The highest BCUT2D eigenvalue weighted by Crippen LogP contribution is 2.30. The number of aryl methyl sites for hydroxylation is 1. The Hall–Kier alpha value is -5.35. The number of rotatable bonds is 6. The fraction of sp³-hybridized carbons (Fsp3) is 0.107. The highest BCUT2D eigenvalue weighted by molar-refractivity contribution is 7.91. The highest BCUT2D eigenvalue weighted by atomic mass is 32.2. The molecular weight excluding hydrogens is 547 g/mol. The standard InChI is InChI=1S/C28H23FN8O3S/c1-15-7-3-4-11-21(15)41(39,40)22-12-6-10-20-23(22)27(38)37(18-9-5-8-17(29)13-18)26(34-20)16(2)33-25-19(14-30)24(31)35-28(32)36-25/h3-13,16H,1-2H3,(H5,31,32,33,35,36). The smallest absolute Gasteiger partial charge is 0.267 e. The molecule has 11 nitrogen and oxygen atoms in total. The van der Waals surface area contributed by atoms with E-state index in [9.17, 15) is 22.9 Å². The minimum atomic E-state index is -4.15. The fourth-order valence-electron chi connectivity index (χ4n) is 4.55. The molecule has 1 unspecified atom stereocenters. The van der Waals surface area contributed by atoms with Crippen molar-refractivity contribution in [1.82, 2.24) is 19.5 Å². The maximum atomic E-state index is 14.4. The van der Waals surface area contributed by atoms with Crippen LogP contribution in [0.25, 0.3) is 16.6 Å². The Morgan fingerprint density at radius 3 is 2.41 bits per heavy atom. The monoisotopic (exact) mass is 570 g/mol. The SMILES string of the molecule is Cc1ccccc1S(=O)(=O)c1cccc2nc(C(C)Nc3nc(N)nc(N)c3C#N)n(-c3cccc(F)c3)c(=O)c12. The molecule has 5 rings (SSSR count). The molecule has 1 atom stereocenters. The number of halogens is 1. The summed E-state index contributed by atoms with van der Waals surface area (Å²) in [6, 6.07) is 17.1. The summed E-state index contributed by atoms with van der Waals surface area (Å²) in [4.78, 5) is 26.5. The molecule has 0 amide bonds. The van der Waals surface area contributed by atoms with Crippen LogP contribution in [0.15, 0.2) is 81.3 Å². The van der Waals surface area contributed by atoms with Crippen molar-refractivity contribution in [2.75, 3.05) is 16.8 Å². The number of nitrogens with two attached hydrogens (primary N) is 2. The number of nitriles is 1. The molecule has 3 aromatic carbocycles. The fourth-order valence-corrected chi connectivity index (χ4v) is 6.26. The molecule has 0 aliphatic rings. The average molecular weight is 571 g/mol. The second kappa shape index (κ2) is 10.3. The van der Waals surface area contributed by atoms with E-state index in [2.05, 4.69) is 20.3 Å². The topological polar surface area (TPSA) is 183 Å². The van der Waals surface area contributed by atoms with Crippen LogP contribution in [0.1, 0.15) is 29.9 Å². The van der Waals surface area contributed by atoms with Gasteiger partial charge in [-0.15, -0.1) is 0 Å². The second-order valence-electron chi connectivity index (χ2n) is 9.18. The van der Waals surface area contributed by atoms with Crippen LogP contribution in [0, 0.1) is 24.1 Å². The van der Waals surface area contributed by atoms with E-state index in [4.69, 9.17) is 11.5 Å². The van der Waals surface area contributed by atoms with Gasteiger partial charge >= 0.3 is 0 Å². The third kappa shape index (κ3) is 4.81. The summed E-state index contributed by atoms with van der Waals surface area (Å²) in [6.07, 6.45) is 0. The second-order valence-corrected chi connectivity index (χ2v) is 11.1. The molecule has 206 valence electrons. The first kappa shape index (κ1) is 27.2. The summed E-state index contributed by atoms with van der Waals surface area (Å²) in [5.74, 6) is -0.866. The van der Waals surface area contributed by atoms with E-state index in [0.717, 1.165) is 10.6 Å². The third-order valence-electron chi connectivity index (χ3n) is 6.43. The highest BCUT2D eigenvalue weighted by Gasteiger charge is 2.27. The molecule has 0 aliphatic heterocycles. The van der Waals surface area contributed by atoms with Crippen molar-refractivity contribution in [2.45, 2.75) is 29.7 Å². The van der Waals surface area contributed by atoms with E-state index in [1.54, 1.807) is 32.0 Å². The van der Waals surface area contributed by atoms with Gasteiger partial charge in [-0.25, -0.2) is 17.8 Å². The number of nitrogens with zero attached hydrogens (tertiary/aromatic N) is 5. The lowest BCUT2D eigenvalue weighted by molar-refractivity contribution is 0.596. The van der Waals surface area contributed by atoms with E-state index in [-0.39, 0.29) is 55.4 Å². The predicted octanol–water partition coefficient (Wildman–Crippen LogP) is 3.67. The summed E-state index contributed by atoms with van der Waals surface area (Å²) in [5, 5.41) is 12.4. The number of hydrogen-bond acceptors (Lipinski definition) is 10. The van der Waals surface area contributed by atoms with Gasteiger partial charge < -0.3 is 16.8 Å². The van der Waals surface area contributed by atoms with Gasteiger partial charge in [-0.2, -0.15) is 15.2 Å². The van der Waals surface area contributed by atoms with Crippen molar-refractivity contribution < 1.29 is 12.8 Å². The van der Waals surface area contributed by atoms with Gasteiger partial charge in [0.25, 0.3) is 5.56 Å². The molecule has 5 N–H and O–H groups in total. The van der Waals surface area contributed by atoms with Gasteiger partial charge in [0.15, 0.2) is 5.82 Å². The van der Waals surface area contributed by atoms with E-state index >= 15 is 0 Å². The number of benzene rings is 3. The minimum Gasteiger partial charge on any atom is -0.382 e. The lowest BCUT2D eigenvalue weighted by Gasteiger charge is -2.21. The first-order valence-electron chi connectivity index (χ1n) is 12.2. The van der Waals surface area contributed by atoms with Gasteiger partial charge in [-0.1, -0.05) is 30.3 Å². The van der Waals surface area contributed by atoms with Crippen molar-refractivity contribution in [2.24, 2.45) is 0 Å². The number of nitrogens with one attached hydrogen (secondary N) is 1. The maximum Gasteiger partial charge on any atom is 0.267 e. The van der Waals surface area contributed by atoms with Crippen LogP contribution in [0.3, 0.4) is 0 Å². The van der Waals surface area contributed by atoms with Crippen molar-refractivity contribution in [1.29, 1.82) is 5.26 Å². The van der Waals surface area contributed by atoms with E-state index in [1.807, 2.05) is 6.07 Å². The van der Waals surface area contributed by atoms with E-state index in [1.165, 1.54) is 42.5 Å². The van der Waals surface area contributed by atoms with Crippen molar-refractivity contribution >= 4 is 38.3 Å². The van der Waals surface area contributed by atoms with Gasteiger partial charge in [0, 0.05) is 0 Å². The largest absolute Gasteiger partial charge is 0.382 e. The van der Waals surface area contributed by atoms with E-state index < -0.39 is 27.3 Å². The Kier molecular flexibility index (Phi) is 6.85. The van der Waals surface area contributed by atoms with Crippen LogP contribution in [-0.4, -0.2) is 27.9 Å². The Morgan fingerprint density at radius 2 is 1.71 bits per heavy atom. The number of sulfone groups is 1. The average Bonchev–Trinajstić information content (AvgIpc) is 2.92. The molecule has 2 aromatic heterocycles.